The minimum atomic E-state index is -2.35. The highest BCUT2D eigenvalue weighted by molar-refractivity contribution is 5.91. The summed E-state index contributed by atoms with van der Waals surface area (Å²) >= 11 is 0. The molecule has 34 heavy (non-hydrogen) atoms. The van der Waals surface area contributed by atoms with E-state index in [0.717, 1.165) is 0 Å². The second-order valence-electron chi connectivity index (χ2n) is 8.06. The molecule has 2 aromatic carbocycles. The van der Waals surface area contributed by atoms with Crippen molar-refractivity contribution in [3.63, 3.8) is 0 Å². The van der Waals surface area contributed by atoms with Gasteiger partial charge in [0, 0.05) is 12.0 Å². The number of benzene rings is 2. The number of aliphatic carboxylic acids is 1. The van der Waals surface area contributed by atoms with E-state index in [4.69, 9.17) is 0 Å². The molecule has 2 aromatic rings. The molecule has 0 saturated carbocycles. The van der Waals surface area contributed by atoms with Gasteiger partial charge in [-0.25, -0.2) is 26.7 Å². The van der Waals surface area contributed by atoms with Crippen LogP contribution in [0.2, 0.25) is 0 Å². The molecule has 3 N–H and O–H groups in total. The van der Waals surface area contributed by atoms with Gasteiger partial charge in [0.05, 0.1) is 6.42 Å². The summed E-state index contributed by atoms with van der Waals surface area (Å²) in [7, 11) is 0. The van der Waals surface area contributed by atoms with Gasteiger partial charge < -0.3 is 15.7 Å². The monoisotopic (exact) mass is 486 g/mol. The maximum atomic E-state index is 13.9. The van der Waals surface area contributed by atoms with Gasteiger partial charge in [-0.2, -0.15) is 0 Å². The van der Waals surface area contributed by atoms with Crippen molar-refractivity contribution in [1.29, 1.82) is 0 Å². The summed E-state index contributed by atoms with van der Waals surface area (Å²) in [6, 6.07) is 5.80. The third-order valence-corrected chi connectivity index (χ3v) is 4.89. The first-order valence-electron chi connectivity index (χ1n) is 10.3. The lowest BCUT2D eigenvalue weighted by Crippen LogP contribution is -2.53. The molecule has 0 unspecified atom stereocenters. The van der Waals surface area contributed by atoms with Crippen molar-refractivity contribution in [1.82, 2.24) is 10.6 Å². The Labute approximate surface area is 192 Å². The molecule has 0 aliphatic heterocycles. The number of hydrogen-bond acceptors (Lipinski definition) is 3. The summed E-state index contributed by atoms with van der Waals surface area (Å²) in [4.78, 5) is 36.7. The number of amides is 2. The second kappa shape index (κ2) is 11.6. The number of halogens is 5. The number of nitrogens with one attached hydrogen (secondary N) is 2. The number of carbonyl (C=O) groups is 3. The Balaban J connectivity index is 2.18. The molecule has 6 nitrogen and oxygen atoms in total. The van der Waals surface area contributed by atoms with Crippen molar-refractivity contribution in [2.75, 3.05) is 0 Å². The first kappa shape index (κ1) is 26.7. The third kappa shape index (κ3) is 6.75. The largest absolute Gasteiger partial charge is 0.480 e. The number of carboxylic acids is 1. The molecular weight excluding hydrogens is 463 g/mol. The quantitative estimate of drug-likeness (QED) is 0.273. The van der Waals surface area contributed by atoms with Crippen molar-refractivity contribution in [3.05, 3.63) is 70.5 Å². The molecule has 0 heterocycles. The van der Waals surface area contributed by atoms with Crippen LogP contribution in [0, 0.1) is 35.0 Å². The number of carboxylic acid groups (broad SMARTS) is 1. The van der Waals surface area contributed by atoms with E-state index in [1.54, 1.807) is 44.2 Å². The van der Waals surface area contributed by atoms with E-state index in [2.05, 4.69) is 10.6 Å². The zero-order valence-corrected chi connectivity index (χ0v) is 18.3. The summed E-state index contributed by atoms with van der Waals surface area (Å²) in [5.74, 6) is -14.6. The van der Waals surface area contributed by atoms with Crippen LogP contribution in [-0.2, 0) is 27.2 Å². The molecule has 2 atom stereocenters. The summed E-state index contributed by atoms with van der Waals surface area (Å²) < 4.78 is 67.8. The van der Waals surface area contributed by atoms with Gasteiger partial charge in [0.2, 0.25) is 17.6 Å². The topological polar surface area (TPSA) is 95.5 Å². The predicted octanol–water partition coefficient (Wildman–Crippen LogP) is 3.27. The summed E-state index contributed by atoms with van der Waals surface area (Å²) in [5.41, 5.74) is -0.712. The number of carbonyl (C=O) groups excluding carboxylic acids is 2. The highest BCUT2D eigenvalue weighted by Crippen LogP contribution is 2.23. The van der Waals surface area contributed by atoms with Crippen molar-refractivity contribution in [3.8, 4) is 0 Å². The van der Waals surface area contributed by atoms with Gasteiger partial charge in [-0.15, -0.1) is 0 Å². The Morgan fingerprint density at radius 1 is 0.824 bits per heavy atom. The molecule has 0 fully saturated rings. The standard InChI is InChI=1S/C23H23F5N2O4/c1-11(2)8-14(22(32)30-15(23(33)34)9-12-6-4-3-5-7-12)29-16(31)10-13-17(24)19(26)21(28)20(27)18(13)25/h3-7,11,14-15H,8-10H2,1-2H3,(H,29,31)(H,30,32)(H,33,34)/t14-,15-/m1/s1. The molecule has 2 rings (SSSR count). The molecule has 0 bridgehead atoms. The number of hydrogen-bond donors (Lipinski definition) is 3. The predicted molar refractivity (Wildman–Crippen MR) is 111 cm³/mol. The lowest BCUT2D eigenvalue weighted by Gasteiger charge is -2.23. The van der Waals surface area contributed by atoms with Crippen molar-refractivity contribution >= 4 is 17.8 Å². The Morgan fingerprint density at radius 2 is 1.35 bits per heavy atom. The summed E-state index contributed by atoms with van der Waals surface area (Å²) in [6.07, 6.45) is -1.25. The van der Waals surface area contributed by atoms with Crippen LogP contribution in [0.15, 0.2) is 30.3 Å². The Morgan fingerprint density at radius 3 is 1.85 bits per heavy atom. The summed E-state index contributed by atoms with van der Waals surface area (Å²) in [5, 5.41) is 14.0. The fraction of sp³-hybridized carbons (Fsp3) is 0.348. The molecule has 0 aliphatic carbocycles. The highest BCUT2D eigenvalue weighted by Gasteiger charge is 2.30. The van der Waals surface area contributed by atoms with E-state index < -0.39 is 70.9 Å². The molecule has 184 valence electrons. The van der Waals surface area contributed by atoms with Crippen LogP contribution >= 0.6 is 0 Å². The normalized spacial score (nSPS) is 12.8. The van der Waals surface area contributed by atoms with E-state index in [1.165, 1.54) is 0 Å². The van der Waals surface area contributed by atoms with Gasteiger partial charge in [0.25, 0.3) is 0 Å². The van der Waals surface area contributed by atoms with E-state index in [1.807, 2.05) is 0 Å². The van der Waals surface area contributed by atoms with Gasteiger partial charge in [0.15, 0.2) is 23.3 Å². The van der Waals surface area contributed by atoms with Crippen LogP contribution in [0.1, 0.15) is 31.4 Å². The zero-order chi connectivity index (χ0) is 25.6. The Kier molecular flexibility index (Phi) is 9.11. The third-order valence-electron chi connectivity index (χ3n) is 4.89. The van der Waals surface area contributed by atoms with Crippen LogP contribution in [0.25, 0.3) is 0 Å². The average Bonchev–Trinajstić information content (AvgIpc) is 2.78. The van der Waals surface area contributed by atoms with Gasteiger partial charge in [-0.1, -0.05) is 44.2 Å². The highest BCUT2D eigenvalue weighted by atomic mass is 19.2. The van der Waals surface area contributed by atoms with E-state index >= 15 is 0 Å². The first-order valence-corrected chi connectivity index (χ1v) is 10.3. The van der Waals surface area contributed by atoms with Gasteiger partial charge in [-0.05, 0) is 17.9 Å². The van der Waals surface area contributed by atoms with E-state index in [9.17, 15) is 41.4 Å². The van der Waals surface area contributed by atoms with Crippen LogP contribution in [0.3, 0.4) is 0 Å². The minimum Gasteiger partial charge on any atom is -0.480 e. The Hall–Kier alpha value is -3.50. The molecule has 2 amide bonds. The van der Waals surface area contributed by atoms with E-state index in [-0.39, 0.29) is 18.8 Å². The maximum absolute atomic E-state index is 13.9. The van der Waals surface area contributed by atoms with Gasteiger partial charge in [-0.3, -0.25) is 9.59 Å². The van der Waals surface area contributed by atoms with E-state index in [0.29, 0.717) is 5.56 Å². The lowest BCUT2D eigenvalue weighted by atomic mass is 10.0. The zero-order valence-electron chi connectivity index (χ0n) is 18.3. The molecule has 0 aromatic heterocycles. The molecule has 0 saturated heterocycles. The molecule has 0 radical (unpaired) electrons. The number of rotatable bonds is 10. The minimum absolute atomic E-state index is 0.0202. The second-order valence-corrected chi connectivity index (χ2v) is 8.06. The Bertz CT molecular complexity index is 1030. The molecule has 11 heteroatoms. The van der Waals surface area contributed by atoms with Crippen LogP contribution in [0.5, 0.6) is 0 Å². The first-order chi connectivity index (χ1) is 15.9. The fourth-order valence-corrected chi connectivity index (χ4v) is 3.24. The van der Waals surface area contributed by atoms with Crippen molar-refractivity contribution in [2.45, 2.75) is 45.2 Å². The smallest absolute Gasteiger partial charge is 0.326 e. The maximum Gasteiger partial charge on any atom is 0.326 e. The fourth-order valence-electron chi connectivity index (χ4n) is 3.24. The van der Waals surface area contributed by atoms with Crippen LogP contribution in [-0.4, -0.2) is 35.0 Å². The molecule has 0 spiro atoms. The molecular formula is C23H23F5N2O4. The van der Waals surface area contributed by atoms with Crippen LogP contribution in [0.4, 0.5) is 22.0 Å². The van der Waals surface area contributed by atoms with Crippen LogP contribution < -0.4 is 10.6 Å². The average molecular weight is 486 g/mol. The SMILES string of the molecule is CC(C)C[C@@H](NC(=O)Cc1c(F)c(F)c(F)c(F)c1F)C(=O)N[C@H](Cc1ccccc1)C(=O)O. The van der Waals surface area contributed by atoms with Crippen molar-refractivity contribution in [2.24, 2.45) is 5.92 Å². The lowest BCUT2D eigenvalue weighted by molar-refractivity contribution is -0.142. The van der Waals surface area contributed by atoms with Gasteiger partial charge in [0.1, 0.15) is 12.1 Å². The molecule has 0 aliphatic rings. The van der Waals surface area contributed by atoms with Crippen molar-refractivity contribution < 1.29 is 41.4 Å². The summed E-state index contributed by atoms with van der Waals surface area (Å²) in [6.45, 7) is 3.41. The van der Waals surface area contributed by atoms with Gasteiger partial charge >= 0.3 is 5.97 Å².